The molecule has 1 amide bonds. The van der Waals surface area contributed by atoms with Crippen molar-refractivity contribution in [1.29, 1.82) is 0 Å². The third-order valence-electron chi connectivity index (χ3n) is 3.36. The van der Waals surface area contributed by atoms with Gasteiger partial charge in [0, 0.05) is 9.86 Å². The summed E-state index contributed by atoms with van der Waals surface area (Å²) < 4.78 is 2.35. The monoisotopic (exact) mass is 338 g/mol. The lowest BCUT2D eigenvalue weighted by Crippen LogP contribution is -2.29. The maximum absolute atomic E-state index is 12.4. The molecule has 1 aromatic carbocycles. The molecule has 1 aliphatic heterocycles. The molecular weight excluding hydrogens is 328 g/mol. The van der Waals surface area contributed by atoms with Gasteiger partial charge in [0.25, 0.3) is 0 Å². The number of hydrogen-bond acceptors (Lipinski definition) is 3. The van der Waals surface area contributed by atoms with Gasteiger partial charge >= 0.3 is 12.0 Å². The molecule has 1 aliphatic rings. The van der Waals surface area contributed by atoms with Gasteiger partial charge in [0.05, 0.1) is 24.7 Å². The Kier molecular flexibility index (Phi) is 3.02. The van der Waals surface area contributed by atoms with Gasteiger partial charge in [-0.15, -0.1) is 0 Å². The van der Waals surface area contributed by atoms with Gasteiger partial charge in [0.15, 0.2) is 0 Å². The lowest BCUT2D eigenvalue weighted by molar-refractivity contribution is -0.146. The predicted molar refractivity (Wildman–Crippen MR) is 74.3 cm³/mol. The zero-order valence-corrected chi connectivity index (χ0v) is 12.1. The van der Waals surface area contributed by atoms with Crippen LogP contribution in [0.5, 0.6) is 0 Å². The number of hydroxylamine groups is 2. The molecule has 1 N–H and O–H groups in total. The molecule has 1 aromatic heterocycles. The van der Waals surface area contributed by atoms with Crippen molar-refractivity contribution in [3.63, 3.8) is 0 Å². The summed E-state index contributed by atoms with van der Waals surface area (Å²) in [5.41, 5.74) is 1.36. The normalized spacial score (nSPS) is 17.8. The highest BCUT2D eigenvalue weighted by atomic mass is 79.9. The molecule has 20 heavy (non-hydrogen) atoms. The Morgan fingerprint density at radius 1 is 1.45 bits per heavy atom. The molecule has 0 aliphatic carbocycles. The maximum Gasteiger partial charge on any atom is 0.353 e. The van der Waals surface area contributed by atoms with Crippen molar-refractivity contribution in [2.24, 2.45) is 0 Å². The Balaban J connectivity index is 2.20. The van der Waals surface area contributed by atoms with Crippen LogP contribution in [0.3, 0.4) is 0 Å². The second-order valence-corrected chi connectivity index (χ2v) is 5.43. The fourth-order valence-corrected chi connectivity index (χ4v) is 2.91. The Labute approximate surface area is 122 Å². The van der Waals surface area contributed by atoms with Gasteiger partial charge in [-0.05, 0) is 18.2 Å². The molecule has 2 heterocycles. The van der Waals surface area contributed by atoms with Crippen molar-refractivity contribution in [2.45, 2.75) is 12.5 Å². The fraction of sp³-hybridized carbons (Fsp3) is 0.231. The van der Waals surface area contributed by atoms with E-state index in [1.54, 1.807) is 0 Å². The third kappa shape index (κ3) is 1.82. The largest absolute Gasteiger partial charge is 0.481 e. The van der Waals surface area contributed by atoms with Crippen LogP contribution in [-0.2, 0) is 9.63 Å². The molecule has 0 radical (unpaired) electrons. The number of nitrogens with zero attached hydrogens (tertiary/aromatic N) is 2. The number of aliphatic carboxylic acids is 1. The minimum absolute atomic E-state index is 0.197. The van der Waals surface area contributed by atoms with Gasteiger partial charge in [-0.2, -0.15) is 5.06 Å². The number of fused-ring (bicyclic) bond motifs is 3. The molecule has 0 bridgehead atoms. The Morgan fingerprint density at radius 2 is 2.20 bits per heavy atom. The lowest BCUT2D eigenvalue weighted by atomic mass is 10.1. The van der Waals surface area contributed by atoms with Crippen LogP contribution in [0.25, 0.3) is 10.9 Å². The van der Waals surface area contributed by atoms with E-state index in [0.717, 1.165) is 20.4 Å². The summed E-state index contributed by atoms with van der Waals surface area (Å²) in [7, 11) is 1.36. The van der Waals surface area contributed by atoms with Crippen LogP contribution in [0.4, 0.5) is 4.79 Å². The number of amides is 1. The quantitative estimate of drug-likeness (QED) is 0.933. The van der Waals surface area contributed by atoms with Gasteiger partial charge in [-0.1, -0.05) is 22.0 Å². The highest BCUT2D eigenvalue weighted by molar-refractivity contribution is 9.10. The van der Waals surface area contributed by atoms with Gasteiger partial charge in [-0.25, -0.2) is 4.79 Å². The van der Waals surface area contributed by atoms with E-state index in [-0.39, 0.29) is 12.5 Å². The van der Waals surface area contributed by atoms with Crippen LogP contribution in [0.2, 0.25) is 0 Å². The number of benzene rings is 1. The van der Waals surface area contributed by atoms with E-state index in [0.29, 0.717) is 5.69 Å². The summed E-state index contributed by atoms with van der Waals surface area (Å²) in [6.45, 7) is 0. The molecule has 104 valence electrons. The number of rotatable bonds is 3. The summed E-state index contributed by atoms with van der Waals surface area (Å²) in [5.74, 6) is -0.982. The highest BCUT2D eigenvalue weighted by Gasteiger charge is 2.40. The predicted octanol–water partition coefficient (Wildman–Crippen LogP) is 2.76. The highest BCUT2D eigenvalue weighted by Crippen LogP contribution is 2.37. The maximum atomic E-state index is 12.4. The minimum atomic E-state index is -0.982. The van der Waals surface area contributed by atoms with Crippen LogP contribution in [-0.4, -0.2) is 33.8 Å². The molecule has 2 aromatic rings. The van der Waals surface area contributed by atoms with Gasteiger partial charge < -0.3 is 5.11 Å². The molecule has 6 nitrogen and oxygen atoms in total. The van der Waals surface area contributed by atoms with E-state index < -0.39 is 12.0 Å². The summed E-state index contributed by atoms with van der Waals surface area (Å²) in [5, 5.41) is 11.0. The number of carboxylic acid groups (broad SMARTS) is 1. The molecule has 1 atom stereocenters. The summed E-state index contributed by atoms with van der Waals surface area (Å²) in [6.07, 6.45) is -0.197. The van der Waals surface area contributed by atoms with E-state index in [1.165, 1.54) is 11.7 Å². The molecule has 1 unspecified atom stereocenters. The molecule has 0 saturated heterocycles. The van der Waals surface area contributed by atoms with Crippen LogP contribution in [0.1, 0.15) is 18.2 Å². The average Bonchev–Trinajstić information content (AvgIpc) is 2.86. The van der Waals surface area contributed by atoms with E-state index in [9.17, 15) is 9.59 Å². The SMILES string of the molecule is CON1C(=O)n2c(cc3ccc(Br)cc32)C1CC(=O)O. The number of hydrogen-bond donors (Lipinski definition) is 1. The fourth-order valence-electron chi connectivity index (χ4n) is 2.56. The minimum Gasteiger partial charge on any atom is -0.481 e. The van der Waals surface area contributed by atoms with Crippen LogP contribution in [0.15, 0.2) is 28.7 Å². The summed E-state index contributed by atoms with van der Waals surface area (Å²) >= 11 is 3.37. The Morgan fingerprint density at radius 3 is 2.85 bits per heavy atom. The first-order chi connectivity index (χ1) is 9.52. The zero-order chi connectivity index (χ0) is 14.4. The van der Waals surface area contributed by atoms with E-state index >= 15 is 0 Å². The van der Waals surface area contributed by atoms with Crippen LogP contribution >= 0.6 is 15.9 Å². The van der Waals surface area contributed by atoms with Crippen molar-refractivity contribution in [1.82, 2.24) is 9.63 Å². The standard InChI is InChI=1S/C13H11BrN2O4/c1-20-16-11(6-12(17)18)10-4-7-2-3-8(14)5-9(7)15(10)13(16)19/h2-5,11H,6H2,1H3,(H,17,18). The first-order valence-electron chi connectivity index (χ1n) is 5.93. The van der Waals surface area contributed by atoms with E-state index in [1.807, 2.05) is 24.3 Å². The molecule has 7 heteroatoms. The third-order valence-corrected chi connectivity index (χ3v) is 3.86. The topological polar surface area (TPSA) is 71.8 Å². The van der Waals surface area contributed by atoms with Gasteiger partial charge in [-0.3, -0.25) is 14.2 Å². The van der Waals surface area contributed by atoms with Crippen LogP contribution in [0, 0.1) is 0 Å². The van der Waals surface area contributed by atoms with Crippen molar-refractivity contribution in [2.75, 3.05) is 7.11 Å². The summed E-state index contributed by atoms with van der Waals surface area (Å²) in [4.78, 5) is 28.4. The summed E-state index contributed by atoms with van der Waals surface area (Å²) in [6, 6.07) is 6.42. The van der Waals surface area contributed by atoms with Gasteiger partial charge in [0.1, 0.15) is 6.04 Å². The molecular formula is C13H11BrN2O4. The van der Waals surface area contributed by atoms with Crippen LogP contribution < -0.4 is 0 Å². The molecule has 0 spiro atoms. The second-order valence-electron chi connectivity index (χ2n) is 4.51. The van der Waals surface area contributed by atoms with Crippen molar-refractivity contribution in [3.8, 4) is 0 Å². The van der Waals surface area contributed by atoms with Crippen molar-refractivity contribution >= 4 is 38.8 Å². The molecule has 3 rings (SSSR count). The van der Waals surface area contributed by atoms with E-state index in [2.05, 4.69) is 15.9 Å². The van der Waals surface area contributed by atoms with Crippen molar-refractivity contribution < 1.29 is 19.5 Å². The van der Waals surface area contributed by atoms with E-state index in [4.69, 9.17) is 9.94 Å². The first kappa shape index (κ1) is 13.1. The Hall–Kier alpha value is -1.86. The molecule has 0 fully saturated rings. The number of aromatic nitrogens is 1. The van der Waals surface area contributed by atoms with Crippen molar-refractivity contribution in [3.05, 3.63) is 34.4 Å². The first-order valence-corrected chi connectivity index (χ1v) is 6.72. The molecule has 0 saturated carbocycles. The van der Waals surface area contributed by atoms with Gasteiger partial charge in [0.2, 0.25) is 0 Å². The zero-order valence-electron chi connectivity index (χ0n) is 10.5. The average molecular weight is 339 g/mol. The number of carboxylic acids is 1. The lowest BCUT2D eigenvalue weighted by Gasteiger charge is -2.19. The number of halogens is 1. The number of carbonyl (C=O) groups excluding carboxylic acids is 1. The second kappa shape index (κ2) is 4.60. The number of carbonyl (C=O) groups is 2. The Bertz CT molecular complexity index is 724. The smallest absolute Gasteiger partial charge is 0.353 e.